The summed E-state index contributed by atoms with van der Waals surface area (Å²) in [4.78, 5) is 20.6. The van der Waals surface area contributed by atoms with E-state index in [0.717, 1.165) is 6.42 Å². The van der Waals surface area contributed by atoms with Crippen LogP contribution in [0.1, 0.15) is 26.7 Å². The van der Waals surface area contributed by atoms with Gasteiger partial charge in [0.15, 0.2) is 0 Å². The van der Waals surface area contributed by atoms with Crippen LogP contribution < -0.4 is 10.2 Å². The van der Waals surface area contributed by atoms with Crippen molar-refractivity contribution in [1.29, 1.82) is 0 Å². The Morgan fingerprint density at radius 2 is 2.20 bits per heavy atom. The van der Waals surface area contributed by atoms with E-state index in [0.29, 0.717) is 31.9 Å². The SMILES string of the molecule is CCCNc1ncnc(N(CC)CCCO)c1[N+](=O)[O-]. The van der Waals surface area contributed by atoms with Crippen LogP contribution in [0, 0.1) is 10.1 Å². The van der Waals surface area contributed by atoms with E-state index in [4.69, 9.17) is 5.11 Å². The Morgan fingerprint density at radius 1 is 1.45 bits per heavy atom. The molecule has 8 nitrogen and oxygen atoms in total. The molecule has 1 aromatic rings. The van der Waals surface area contributed by atoms with E-state index in [-0.39, 0.29) is 18.1 Å². The van der Waals surface area contributed by atoms with Gasteiger partial charge in [-0.05, 0) is 19.8 Å². The van der Waals surface area contributed by atoms with Gasteiger partial charge in [-0.3, -0.25) is 10.1 Å². The van der Waals surface area contributed by atoms with Crippen LogP contribution in [0.4, 0.5) is 17.3 Å². The van der Waals surface area contributed by atoms with Crippen LogP contribution in [0.3, 0.4) is 0 Å². The molecule has 20 heavy (non-hydrogen) atoms. The highest BCUT2D eigenvalue weighted by Crippen LogP contribution is 2.31. The number of aliphatic hydroxyl groups excluding tert-OH is 1. The standard InChI is InChI=1S/C12H21N5O3/c1-3-6-13-11-10(17(19)20)12(15-9-14-11)16(4-2)7-5-8-18/h9,18H,3-8H2,1-2H3,(H,13,14,15). The predicted molar refractivity (Wildman–Crippen MR) is 77.1 cm³/mol. The number of anilines is 2. The minimum atomic E-state index is -0.463. The molecule has 1 aromatic heterocycles. The normalized spacial score (nSPS) is 10.3. The number of hydrogen-bond acceptors (Lipinski definition) is 7. The molecule has 0 radical (unpaired) electrons. The smallest absolute Gasteiger partial charge is 0.353 e. The lowest BCUT2D eigenvalue weighted by Gasteiger charge is -2.21. The highest BCUT2D eigenvalue weighted by atomic mass is 16.6. The van der Waals surface area contributed by atoms with Crippen molar-refractivity contribution in [1.82, 2.24) is 9.97 Å². The van der Waals surface area contributed by atoms with Crippen molar-refractivity contribution in [2.24, 2.45) is 0 Å². The highest BCUT2D eigenvalue weighted by Gasteiger charge is 2.25. The first-order chi connectivity index (χ1) is 9.65. The second kappa shape index (κ2) is 8.26. The minimum Gasteiger partial charge on any atom is -0.396 e. The summed E-state index contributed by atoms with van der Waals surface area (Å²) >= 11 is 0. The summed E-state index contributed by atoms with van der Waals surface area (Å²) in [6, 6.07) is 0. The molecule has 1 heterocycles. The molecular weight excluding hydrogens is 262 g/mol. The van der Waals surface area contributed by atoms with E-state index in [9.17, 15) is 10.1 Å². The molecule has 0 bridgehead atoms. The molecule has 0 aliphatic carbocycles. The van der Waals surface area contributed by atoms with E-state index < -0.39 is 4.92 Å². The second-order valence-electron chi connectivity index (χ2n) is 4.24. The molecule has 0 aliphatic rings. The average Bonchev–Trinajstić information content (AvgIpc) is 2.45. The lowest BCUT2D eigenvalue weighted by molar-refractivity contribution is -0.383. The quantitative estimate of drug-likeness (QED) is 0.521. The number of hydrogen-bond donors (Lipinski definition) is 2. The zero-order chi connectivity index (χ0) is 15.0. The van der Waals surface area contributed by atoms with Crippen LogP contribution in [0.5, 0.6) is 0 Å². The molecule has 0 saturated carbocycles. The summed E-state index contributed by atoms with van der Waals surface area (Å²) in [5.74, 6) is 0.531. The van der Waals surface area contributed by atoms with Crippen molar-refractivity contribution in [2.75, 3.05) is 36.5 Å². The Kier molecular flexibility index (Phi) is 6.65. The fourth-order valence-electron chi connectivity index (χ4n) is 1.82. The van der Waals surface area contributed by atoms with E-state index in [1.807, 2.05) is 13.8 Å². The Morgan fingerprint density at radius 3 is 2.75 bits per heavy atom. The molecule has 112 valence electrons. The maximum Gasteiger partial charge on any atom is 0.353 e. The third-order valence-electron chi connectivity index (χ3n) is 2.80. The van der Waals surface area contributed by atoms with Gasteiger partial charge in [0.25, 0.3) is 0 Å². The molecule has 0 fully saturated rings. The maximum atomic E-state index is 11.3. The summed E-state index contributed by atoms with van der Waals surface area (Å²) in [5, 5.41) is 23.2. The molecule has 1 rings (SSSR count). The largest absolute Gasteiger partial charge is 0.396 e. The first-order valence-electron chi connectivity index (χ1n) is 6.74. The Balaban J connectivity index is 3.12. The number of nitrogens with zero attached hydrogens (tertiary/aromatic N) is 4. The molecule has 8 heteroatoms. The van der Waals surface area contributed by atoms with Gasteiger partial charge in [0.05, 0.1) is 4.92 Å². The first kappa shape index (κ1) is 16.1. The van der Waals surface area contributed by atoms with Crippen LogP contribution >= 0.6 is 0 Å². The van der Waals surface area contributed by atoms with E-state index in [1.54, 1.807) is 4.90 Å². The fourth-order valence-corrected chi connectivity index (χ4v) is 1.82. The number of nitrogens with one attached hydrogen (secondary N) is 1. The molecular formula is C12H21N5O3. The molecule has 0 spiro atoms. The van der Waals surface area contributed by atoms with Crippen LogP contribution in [-0.2, 0) is 0 Å². The van der Waals surface area contributed by atoms with Gasteiger partial charge in [-0.1, -0.05) is 6.92 Å². The average molecular weight is 283 g/mol. The predicted octanol–water partition coefficient (Wildman–Crippen LogP) is 1.42. The summed E-state index contributed by atoms with van der Waals surface area (Å²) in [6.45, 7) is 5.60. The third-order valence-corrected chi connectivity index (χ3v) is 2.80. The second-order valence-corrected chi connectivity index (χ2v) is 4.24. The number of aromatic nitrogens is 2. The maximum absolute atomic E-state index is 11.3. The summed E-state index contributed by atoms with van der Waals surface area (Å²) < 4.78 is 0. The van der Waals surface area contributed by atoms with Crippen molar-refractivity contribution >= 4 is 17.3 Å². The molecule has 0 saturated heterocycles. The minimum absolute atomic E-state index is 0.0380. The van der Waals surface area contributed by atoms with Crippen molar-refractivity contribution < 1.29 is 10.0 Å². The Labute approximate surface area is 118 Å². The highest BCUT2D eigenvalue weighted by molar-refractivity contribution is 5.70. The van der Waals surface area contributed by atoms with Crippen molar-refractivity contribution in [3.63, 3.8) is 0 Å². The lowest BCUT2D eigenvalue weighted by atomic mass is 10.3. The van der Waals surface area contributed by atoms with E-state index in [1.165, 1.54) is 6.33 Å². The van der Waals surface area contributed by atoms with E-state index in [2.05, 4.69) is 15.3 Å². The van der Waals surface area contributed by atoms with Crippen molar-refractivity contribution in [3.05, 3.63) is 16.4 Å². The van der Waals surface area contributed by atoms with Crippen LogP contribution in [0.25, 0.3) is 0 Å². The molecule has 2 N–H and O–H groups in total. The topological polar surface area (TPSA) is 104 Å². The molecule has 0 aromatic carbocycles. The van der Waals surface area contributed by atoms with Gasteiger partial charge in [0, 0.05) is 26.2 Å². The van der Waals surface area contributed by atoms with Crippen molar-refractivity contribution in [3.8, 4) is 0 Å². The van der Waals surface area contributed by atoms with Gasteiger partial charge < -0.3 is 15.3 Å². The van der Waals surface area contributed by atoms with Gasteiger partial charge in [-0.2, -0.15) is 0 Å². The zero-order valence-electron chi connectivity index (χ0n) is 11.9. The van der Waals surface area contributed by atoms with Gasteiger partial charge in [-0.15, -0.1) is 0 Å². The number of rotatable bonds is 9. The van der Waals surface area contributed by atoms with Gasteiger partial charge in [-0.25, -0.2) is 9.97 Å². The number of nitro groups is 1. The van der Waals surface area contributed by atoms with Gasteiger partial charge >= 0.3 is 5.69 Å². The summed E-state index contributed by atoms with van der Waals surface area (Å²) in [5.41, 5.74) is -0.110. The Hall–Kier alpha value is -1.96. The van der Waals surface area contributed by atoms with E-state index >= 15 is 0 Å². The van der Waals surface area contributed by atoms with Gasteiger partial charge in [0.1, 0.15) is 6.33 Å². The third kappa shape index (κ3) is 4.02. The summed E-state index contributed by atoms with van der Waals surface area (Å²) in [7, 11) is 0. The fraction of sp³-hybridized carbons (Fsp3) is 0.667. The zero-order valence-corrected chi connectivity index (χ0v) is 11.9. The van der Waals surface area contributed by atoms with Crippen LogP contribution in [-0.4, -0.2) is 46.2 Å². The van der Waals surface area contributed by atoms with Crippen LogP contribution in [0.15, 0.2) is 6.33 Å². The van der Waals surface area contributed by atoms with Crippen LogP contribution in [0.2, 0.25) is 0 Å². The first-order valence-corrected chi connectivity index (χ1v) is 6.74. The molecule has 0 unspecified atom stereocenters. The molecule has 0 amide bonds. The lowest BCUT2D eigenvalue weighted by Crippen LogP contribution is -2.27. The van der Waals surface area contributed by atoms with Gasteiger partial charge in [0.2, 0.25) is 11.6 Å². The summed E-state index contributed by atoms with van der Waals surface area (Å²) in [6.07, 6.45) is 2.70. The Bertz CT molecular complexity index is 441. The number of aliphatic hydroxyl groups is 1. The monoisotopic (exact) mass is 283 g/mol. The molecule has 0 atom stereocenters. The van der Waals surface area contributed by atoms with Crippen molar-refractivity contribution in [2.45, 2.75) is 26.7 Å². The molecule has 0 aliphatic heterocycles.